The first-order chi connectivity index (χ1) is 29.0. The molecule has 1 aromatic heterocycles. The molecule has 0 atom stereocenters. The minimum Gasteiger partial charge on any atom is -0.310 e. The summed E-state index contributed by atoms with van der Waals surface area (Å²) in [5.41, 5.74) is 19.5. The van der Waals surface area contributed by atoms with Gasteiger partial charge in [-0.15, -0.1) is 0 Å². The van der Waals surface area contributed by atoms with E-state index in [4.69, 9.17) is 0 Å². The highest BCUT2D eigenvalue weighted by molar-refractivity contribution is 6.10. The first-order valence-electron chi connectivity index (χ1n) is 20.5. The maximum absolute atomic E-state index is 2.44. The molecule has 59 heavy (non-hydrogen) atoms. The van der Waals surface area contributed by atoms with Gasteiger partial charge in [-0.05, 0) is 111 Å². The number of anilines is 3. The highest BCUT2D eigenvalue weighted by Gasteiger charge is 2.37. The van der Waals surface area contributed by atoms with Gasteiger partial charge in [-0.1, -0.05) is 172 Å². The highest BCUT2D eigenvalue weighted by Crippen LogP contribution is 2.54. The first-order valence-corrected chi connectivity index (χ1v) is 20.5. The topological polar surface area (TPSA) is 8.17 Å². The predicted molar refractivity (Wildman–Crippen MR) is 249 cm³/mol. The third-order valence-electron chi connectivity index (χ3n) is 12.4. The molecule has 0 N–H and O–H groups in total. The standard InChI is InChI=1S/C57H42N2/c1-57(2)51-20-11-9-19-49(51)56-52(57)21-13-23-55(56)58(46-33-28-42(29-34-46)41-26-24-40(25-27-41)39-14-5-3-6-15-39)47-35-30-43(31-36-47)44-32-37-54-50(38-44)48-18-10-12-22-53(48)59(54)45-16-7-4-8-17-45/h3-38H,1-2H3. The molecule has 11 rings (SSSR count). The van der Waals surface area contributed by atoms with Crippen molar-refractivity contribution in [3.63, 3.8) is 0 Å². The molecule has 1 aliphatic carbocycles. The van der Waals surface area contributed by atoms with E-state index in [1.54, 1.807) is 0 Å². The van der Waals surface area contributed by atoms with Gasteiger partial charge in [-0.2, -0.15) is 0 Å². The fourth-order valence-corrected chi connectivity index (χ4v) is 9.45. The molecule has 0 spiro atoms. The second-order valence-corrected chi connectivity index (χ2v) is 16.2. The number of rotatable bonds is 7. The molecule has 0 aliphatic heterocycles. The zero-order valence-electron chi connectivity index (χ0n) is 33.2. The van der Waals surface area contributed by atoms with Gasteiger partial charge in [0.05, 0.1) is 16.7 Å². The monoisotopic (exact) mass is 754 g/mol. The van der Waals surface area contributed by atoms with Crippen molar-refractivity contribution in [1.82, 2.24) is 4.57 Å². The molecule has 0 bridgehead atoms. The molecule has 1 aliphatic rings. The second-order valence-electron chi connectivity index (χ2n) is 16.2. The SMILES string of the molecule is CC1(C)c2ccccc2-c2c(N(c3ccc(-c4ccc(-c5ccccc5)cc4)cc3)c3ccc(-c4ccc5c(c4)c4ccccc4n5-c4ccccc4)cc3)cccc21. The second kappa shape index (κ2) is 13.9. The molecule has 10 aromatic rings. The molecule has 2 heteroatoms. The molecule has 0 unspecified atom stereocenters. The van der Waals surface area contributed by atoms with Crippen LogP contribution in [0.1, 0.15) is 25.0 Å². The molecule has 1 heterocycles. The summed E-state index contributed by atoms with van der Waals surface area (Å²) in [5.74, 6) is 0. The third kappa shape index (κ3) is 5.79. The first kappa shape index (κ1) is 34.8. The summed E-state index contributed by atoms with van der Waals surface area (Å²) in [6.45, 7) is 4.71. The van der Waals surface area contributed by atoms with Crippen molar-refractivity contribution in [3.05, 3.63) is 230 Å². The Morgan fingerprint density at radius 2 is 0.864 bits per heavy atom. The molecular weight excluding hydrogens is 713 g/mol. The zero-order chi connectivity index (χ0) is 39.5. The van der Waals surface area contributed by atoms with Crippen LogP contribution in [-0.4, -0.2) is 4.57 Å². The maximum Gasteiger partial charge on any atom is 0.0543 e. The number of para-hydroxylation sites is 2. The Bertz CT molecular complexity index is 3140. The van der Waals surface area contributed by atoms with Crippen LogP contribution in [0.4, 0.5) is 17.1 Å². The van der Waals surface area contributed by atoms with Crippen molar-refractivity contribution in [1.29, 1.82) is 0 Å². The van der Waals surface area contributed by atoms with Gasteiger partial charge in [0.25, 0.3) is 0 Å². The van der Waals surface area contributed by atoms with Gasteiger partial charge in [0.15, 0.2) is 0 Å². The van der Waals surface area contributed by atoms with Gasteiger partial charge >= 0.3 is 0 Å². The summed E-state index contributed by atoms with van der Waals surface area (Å²) >= 11 is 0. The van der Waals surface area contributed by atoms with E-state index in [1.165, 1.54) is 88.8 Å². The van der Waals surface area contributed by atoms with E-state index in [2.05, 4.69) is 242 Å². The number of nitrogens with zero attached hydrogens (tertiary/aromatic N) is 2. The average molecular weight is 755 g/mol. The van der Waals surface area contributed by atoms with Gasteiger partial charge in [0.2, 0.25) is 0 Å². The molecule has 0 saturated carbocycles. The lowest BCUT2D eigenvalue weighted by Crippen LogP contribution is -2.16. The lowest BCUT2D eigenvalue weighted by molar-refractivity contribution is 0.660. The van der Waals surface area contributed by atoms with Crippen LogP contribution in [0, 0.1) is 0 Å². The van der Waals surface area contributed by atoms with Crippen LogP contribution in [0.5, 0.6) is 0 Å². The van der Waals surface area contributed by atoms with Crippen LogP contribution >= 0.6 is 0 Å². The van der Waals surface area contributed by atoms with E-state index < -0.39 is 0 Å². The normalized spacial score (nSPS) is 12.7. The Hall–Kier alpha value is -7.42. The summed E-state index contributed by atoms with van der Waals surface area (Å²) in [7, 11) is 0. The van der Waals surface area contributed by atoms with Crippen molar-refractivity contribution >= 4 is 38.9 Å². The van der Waals surface area contributed by atoms with E-state index in [0.717, 1.165) is 11.4 Å². The predicted octanol–water partition coefficient (Wildman–Crippen LogP) is 15.6. The molecule has 0 radical (unpaired) electrons. The Morgan fingerprint density at radius 3 is 1.54 bits per heavy atom. The maximum atomic E-state index is 2.44. The van der Waals surface area contributed by atoms with Gasteiger partial charge in [0, 0.05) is 38.8 Å². The quantitative estimate of drug-likeness (QED) is 0.157. The lowest BCUT2D eigenvalue weighted by atomic mass is 9.82. The molecule has 9 aromatic carbocycles. The number of aromatic nitrogens is 1. The molecule has 0 amide bonds. The highest BCUT2D eigenvalue weighted by atomic mass is 15.1. The van der Waals surface area contributed by atoms with E-state index in [-0.39, 0.29) is 5.41 Å². The Morgan fingerprint density at radius 1 is 0.373 bits per heavy atom. The van der Waals surface area contributed by atoms with E-state index in [1.807, 2.05) is 0 Å². The average Bonchev–Trinajstić information content (AvgIpc) is 3.76. The zero-order valence-corrected chi connectivity index (χ0v) is 33.2. The fraction of sp³-hybridized carbons (Fsp3) is 0.0526. The Labute approximate surface area is 345 Å². The molecule has 280 valence electrons. The lowest BCUT2D eigenvalue weighted by Gasteiger charge is -2.29. The summed E-state index contributed by atoms with van der Waals surface area (Å²) in [6, 6.07) is 79.7. The number of fused-ring (bicyclic) bond motifs is 6. The van der Waals surface area contributed by atoms with Crippen LogP contribution in [0.3, 0.4) is 0 Å². The van der Waals surface area contributed by atoms with Crippen molar-refractivity contribution in [2.45, 2.75) is 19.3 Å². The number of hydrogen-bond donors (Lipinski definition) is 0. The van der Waals surface area contributed by atoms with Crippen LogP contribution in [-0.2, 0) is 5.41 Å². The number of benzene rings is 9. The Kier molecular flexibility index (Phi) is 8.20. The van der Waals surface area contributed by atoms with Gasteiger partial charge in [-0.3, -0.25) is 0 Å². The third-order valence-corrected chi connectivity index (χ3v) is 12.4. The summed E-state index contributed by atoms with van der Waals surface area (Å²) in [6.07, 6.45) is 0. The van der Waals surface area contributed by atoms with Crippen molar-refractivity contribution in [3.8, 4) is 50.2 Å². The molecule has 2 nitrogen and oxygen atoms in total. The van der Waals surface area contributed by atoms with Gasteiger partial charge in [0.1, 0.15) is 0 Å². The van der Waals surface area contributed by atoms with E-state index >= 15 is 0 Å². The molecule has 0 fully saturated rings. The van der Waals surface area contributed by atoms with E-state index in [9.17, 15) is 0 Å². The fourth-order valence-electron chi connectivity index (χ4n) is 9.45. The molecule has 0 saturated heterocycles. The van der Waals surface area contributed by atoms with Crippen molar-refractivity contribution in [2.24, 2.45) is 0 Å². The van der Waals surface area contributed by atoms with Crippen LogP contribution in [0.25, 0.3) is 72.0 Å². The summed E-state index contributed by atoms with van der Waals surface area (Å²) < 4.78 is 2.37. The van der Waals surface area contributed by atoms with Gasteiger partial charge in [-0.25, -0.2) is 0 Å². The van der Waals surface area contributed by atoms with Crippen LogP contribution < -0.4 is 4.90 Å². The van der Waals surface area contributed by atoms with Crippen molar-refractivity contribution in [2.75, 3.05) is 4.90 Å². The largest absolute Gasteiger partial charge is 0.310 e. The Balaban J connectivity index is 1.01. The molecular formula is C57H42N2. The van der Waals surface area contributed by atoms with Crippen LogP contribution in [0.2, 0.25) is 0 Å². The number of hydrogen-bond acceptors (Lipinski definition) is 1. The smallest absolute Gasteiger partial charge is 0.0543 e. The summed E-state index contributed by atoms with van der Waals surface area (Å²) in [4.78, 5) is 2.44. The van der Waals surface area contributed by atoms with Crippen molar-refractivity contribution < 1.29 is 0 Å². The minimum absolute atomic E-state index is 0.102. The van der Waals surface area contributed by atoms with E-state index in [0.29, 0.717) is 0 Å². The summed E-state index contributed by atoms with van der Waals surface area (Å²) in [5, 5.41) is 2.51. The van der Waals surface area contributed by atoms with Gasteiger partial charge < -0.3 is 9.47 Å². The van der Waals surface area contributed by atoms with Crippen LogP contribution in [0.15, 0.2) is 218 Å². The minimum atomic E-state index is -0.102.